The lowest BCUT2D eigenvalue weighted by atomic mass is 10.1. The minimum atomic E-state index is -1.09. The number of aliphatic carboxylic acids is 1. The van der Waals surface area contributed by atoms with Crippen LogP contribution in [0.15, 0.2) is 97.1 Å². The number of ether oxygens (including phenoxy) is 2. The van der Waals surface area contributed by atoms with Crippen molar-refractivity contribution >= 4 is 23.3 Å². The van der Waals surface area contributed by atoms with Crippen LogP contribution in [0.3, 0.4) is 0 Å². The van der Waals surface area contributed by atoms with E-state index in [1.54, 1.807) is 66.7 Å². The third-order valence-electron chi connectivity index (χ3n) is 6.12. The van der Waals surface area contributed by atoms with Crippen LogP contribution >= 0.6 is 0 Å². The van der Waals surface area contributed by atoms with Gasteiger partial charge in [-0.05, 0) is 90.3 Å². The zero-order valence-corrected chi connectivity index (χ0v) is 21.5. The number of nitrogens with zero attached hydrogens (tertiary/aromatic N) is 1. The number of rotatable bonds is 8. The van der Waals surface area contributed by atoms with E-state index in [1.807, 2.05) is 6.07 Å². The monoisotopic (exact) mass is 546 g/mol. The summed E-state index contributed by atoms with van der Waals surface area (Å²) in [4.78, 5) is 24.5. The first-order valence-electron chi connectivity index (χ1n) is 12.5. The van der Waals surface area contributed by atoms with Crippen molar-refractivity contribution in [1.29, 1.82) is 0 Å². The van der Waals surface area contributed by atoms with Crippen LogP contribution in [0.4, 0.5) is 20.2 Å². The summed E-state index contributed by atoms with van der Waals surface area (Å²) < 4.78 is 37.0. The number of hydrogen-bond donors (Lipinski definition) is 2. The van der Waals surface area contributed by atoms with Crippen molar-refractivity contribution in [1.82, 2.24) is 0 Å². The Labute approximate surface area is 230 Å². The minimum absolute atomic E-state index is 0.237. The molecule has 5 rings (SSSR count). The molecule has 0 saturated carbocycles. The second-order valence-corrected chi connectivity index (χ2v) is 9.07. The van der Waals surface area contributed by atoms with E-state index in [1.165, 1.54) is 29.2 Å². The summed E-state index contributed by atoms with van der Waals surface area (Å²) in [5.41, 5.74) is 8.41. The van der Waals surface area contributed by atoms with E-state index in [-0.39, 0.29) is 18.2 Å². The van der Waals surface area contributed by atoms with E-state index in [4.69, 9.17) is 20.3 Å². The molecule has 206 valence electrons. The van der Waals surface area contributed by atoms with Gasteiger partial charge in [0.25, 0.3) is 0 Å². The fourth-order valence-corrected chi connectivity index (χ4v) is 4.04. The van der Waals surface area contributed by atoms with Crippen LogP contribution in [0, 0.1) is 17.6 Å². The highest BCUT2D eigenvalue weighted by molar-refractivity contribution is 6.07. The lowest BCUT2D eigenvalue weighted by Gasteiger charge is -2.16. The van der Waals surface area contributed by atoms with Crippen molar-refractivity contribution < 1.29 is 33.0 Å². The Morgan fingerprint density at radius 2 is 1.32 bits per heavy atom. The molecule has 0 aromatic heterocycles. The normalized spacial score (nSPS) is 14.3. The third-order valence-corrected chi connectivity index (χ3v) is 6.12. The summed E-state index contributed by atoms with van der Waals surface area (Å²) in [6, 6.07) is 26.4. The Hall–Kier alpha value is -4.92. The van der Waals surface area contributed by atoms with E-state index in [0.29, 0.717) is 36.7 Å². The molecule has 1 fully saturated rings. The zero-order valence-electron chi connectivity index (χ0n) is 21.5. The highest BCUT2D eigenvalue weighted by Crippen LogP contribution is 2.27. The second-order valence-electron chi connectivity index (χ2n) is 9.07. The molecule has 1 atom stereocenters. The minimum Gasteiger partial charge on any atom is -0.489 e. The molecule has 1 saturated heterocycles. The Morgan fingerprint density at radius 3 is 1.77 bits per heavy atom. The lowest BCUT2D eigenvalue weighted by molar-refractivity contribution is -0.144. The number of nitrogens with two attached hydrogens (primary N) is 1. The molecule has 40 heavy (non-hydrogen) atoms. The topological polar surface area (TPSA) is 102 Å². The summed E-state index contributed by atoms with van der Waals surface area (Å²) in [6.45, 7) is 0.974. The number of nitrogen functional groups attached to an aromatic ring is 1. The summed E-state index contributed by atoms with van der Waals surface area (Å²) in [7, 11) is 0. The standard InChI is InChI=1S/C18H16FNO4.C13H12FNO/c19-13-3-1-2-12(10-13)11-24-15-6-4-14(5-7-15)20-9-8-16(17(20)21)18(22)23;14-11-3-1-2-10(8-11)9-16-13-6-4-12(15)5-7-13/h1-7,10,16H,8-9,11H2,(H,22,23);1-8H,9,15H2. The van der Waals surface area contributed by atoms with E-state index < -0.39 is 17.8 Å². The van der Waals surface area contributed by atoms with Gasteiger partial charge in [0.05, 0.1) is 0 Å². The lowest BCUT2D eigenvalue weighted by Crippen LogP contribution is -2.29. The van der Waals surface area contributed by atoms with Crippen LogP contribution < -0.4 is 20.1 Å². The SMILES string of the molecule is Nc1ccc(OCc2cccc(F)c2)cc1.O=C(O)C1CCN(c2ccc(OCc3cccc(F)c3)cc2)C1=O. The number of carboxylic acids is 1. The van der Waals surface area contributed by atoms with E-state index in [2.05, 4.69) is 0 Å². The van der Waals surface area contributed by atoms with Crippen LogP contribution in [0.5, 0.6) is 11.5 Å². The quantitative estimate of drug-likeness (QED) is 0.213. The molecule has 1 aliphatic heterocycles. The molecular weight excluding hydrogens is 518 g/mol. The molecule has 1 heterocycles. The Bertz CT molecular complexity index is 1450. The van der Waals surface area contributed by atoms with Crippen molar-refractivity contribution in [3.05, 3.63) is 120 Å². The molecule has 0 radical (unpaired) electrons. The van der Waals surface area contributed by atoms with Crippen LogP contribution in [-0.4, -0.2) is 23.5 Å². The first-order valence-corrected chi connectivity index (χ1v) is 12.5. The molecule has 3 N–H and O–H groups in total. The van der Waals surface area contributed by atoms with E-state index >= 15 is 0 Å². The highest BCUT2D eigenvalue weighted by Gasteiger charge is 2.37. The average molecular weight is 547 g/mol. The maximum absolute atomic E-state index is 13.1. The van der Waals surface area contributed by atoms with Crippen molar-refractivity contribution in [3.63, 3.8) is 0 Å². The molecule has 1 amide bonds. The van der Waals surface area contributed by atoms with Gasteiger partial charge in [-0.25, -0.2) is 8.78 Å². The van der Waals surface area contributed by atoms with Gasteiger partial charge in [0.15, 0.2) is 0 Å². The number of carbonyl (C=O) groups is 2. The smallest absolute Gasteiger partial charge is 0.316 e. The van der Waals surface area contributed by atoms with Gasteiger partial charge >= 0.3 is 5.97 Å². The number of carbonyl (C=O) groups excluding carboxylic acids is 1. The van der Waals surface area contributed by atoms with E-state index in [9.17, 15) is 18.4 Å². The molecule has 7 nitrogen and oxygen atoms in total. The largest absolute Gasteiger partial charge is 0.489 e. The van der Waals surface area contributed by atoms with E-state index in [0.717, 1.165) is 16.9 Å². The third kappa shape index (κ3) is 7.80. The molecule has 4 aromatic carbocycles. The predicted molar refractivity (Wildman–Crippen MR) is 147 cm³/mol. The predicted octanol–water partition coefficient (Wildman–Crippen LogP) is 5.83. The van der Waals surface area contributed by atoms with Crippen molar-refractivity contribution in [2.45, 2.75) is 19.6 Å². The Kier molecular flexibility index (Phi) is 9.30. The first-order chi connectivity index (χ1) is 19.3. The first kappa shape index (κ1) is 28.1. The number of halogens is 2. The molecule has 0 aliphatic carbocycles. The molecule has 1 aliphatic rings. The summed E-state index contributed by atoms with van der Waals surface area (Å²) in [6.07, 6.45) is 0.311. The Morgan fingerprint density at radius 1 is 0.825 bits per heavy atom. The van der Waals surface area contributed by atoms with Gasteiger partial charge in [-0.3, -0.25) is 9.59 Å². The summed E-state index contributed by atoms with van der Waals surface area (Å²) in [5, 5.41) is 9.00. The number of hydrogen-bond acceptors (Lipinski definition) is 5. The van der Waals surface area contributed by atoms with Gasteiger partial charge in [0.2, 0.25) is 5.91 Å². The van der Waals surface area contributed by atoms with Gasteiger partial charge in [-0.1, -0.05) is 24.3 Å². The van der Waals surface area contributed by atoms with Crippen LogP contribution in [0.2, 0.25) is 0 Å². The van der Waals surface area contributed by atoms with Gasteiger partial charge < -0.3 is 25.2 Å². The molecular formula is C31H28F2N2O5. The molecule has 9 heteroatoms. The second kappa shape index (κ2) is 13.2. The zero-order chi connectivity index (χ0) is 28.5. The summed E-state index contributed by atoms with van der Waals surface area (Å²) >= 11 is 0. The number of carboxylic acid groups (broad SMARTS) is 1. The van der Waals surface area contributed by atoms with Crippen LogP contribution in [-0.2, 0) is 22.8 Å². The number of anilines is 2. The van der Waals surface area contributed by atoms with Gasteiger partial charge in [0, 0.05) is 17.9 Å². The summed E-state index contributed by atoms with van der Waals surface area (Å²) in [5.74, 6) is -1.70. The van der Waals surface area contributed by atoms with Gasteiger partial charge in [-0.15, -0.1) is 0 Å². The molecule has 4 aromatic rings. The Balaban J connectivity index is 0.000000201. The molecule has 0 spiro atoms. The van der Waals surface area contributed by atoms with Crippen molar-refractivity contribution in [2.75, 3.05) is 17.2 Å². The van der Waals surface area contributed by atoms with Crippen LogP contribution in [0.1, 0.15) is 17.5 Å². The van der Waals surface area contributed by atoms with Gasteiger partial charge in [0.1, 0.15) is 42.3 Å². The number of benzene rings is 4. The molecule has 0 bridgehead atoms. The average Bonchev–Trinajstić information content (AvgIpc) is 3.34. The fraction of sp³-hybridized carbons (Fsp3) is 0.161. The van der Waals surface area contributed by atoms with Crippen molar-refractivity contribution in [3.8, 4) is 11.5 Å². The maximum atomic E-state index is 13.1. The highest BCUT2D eigenvalue weighted by atomic mass is 19.1. The maximum Gasteiger partial charge on any atom is 0.316 e. The van der Waals surface area contributed by atoms with Gasteiger partial charge in [-0.2, -0.15) is 0 Å². The fourth-order valence-electron chi connectivity index (χ4n) is 4.04. The molecule has 1 unspecified atom stereocenters. The number of amides is 1. The van der Waals surface area contributed by atoms with Crippen LogP contribution in [0.25, 0.3) is 0 Å². The van der Waals surface area contributed by atoms with Crippen molar-refractivity contribution in [2.24, 2.45) is 5.92 Å².